The summed E-state index contributed by atoms with van der Waals surface area (Å²) in [5.41, 5.74) is -0.283. The lowest BCUT2D eigenvalue weighted by Crippen LogP contribution is -2.18. The number of alkyl halides is 3. The van der Waals surface area contributed by atoms with Crippen LogP contribution in [0.5, 0.6) is 5.75 Å². The molecule has 1 aromatic rings. The van der Waals surface area contributed by atoms with Crippen LogP contribution < -0.4 is 4.74 Å². The van der Waals surface area contributed by atoms with E-state index < -0.39 is 17.9 Å². The molecule has 17 heavy (non-hydrogen) atoms. The molecule has 0 amide bonds. The molecule has 0 fully saturated rings. The zero-order chi connectivity index (χ0) is 13.2. The van der Waals surface area contributed by atoms with Gasteiger partial charge >= 0.3 is 6.36 Å². The highest BCUT2D eigenvalue weighted by atomic mass is 79.9. The predicted molar refractivity (Wildman–Crippen MR) is 56.2 cm³/mol. The Morgan fingerprint density at radius 3 is 2.41 bits per heavy atom. The zero-order valence-corrected chi connectivity index (χ0v) is 10.1. The molecule has 0 saturated carbocycles. The van der Waals surface area contributed by atoms with Gasteiger partial charge in [-0.3, -0.25) is 9.59 Å². The second-order valence-corrected chi connectivity index (χ2v) is 3.95. The van der Waals surface area contributed by atoms with E-state index in [9.17, 15) is 22.8 Å². The normalized spacial score (nSPS) is 11.1. The number of carbonyl (C=O) groups is 2. The van der Waals surface area contributed by atoms with Crippen molar-refractivity contribution in [1.29, 1.82) is 0 Å². The SMILES string of the molecule is CC(=O)c1cc(OC(F)(F)F)c(C=O)cc1Br. The van der Waals surface area contributed by atoms with Crippen LogP contribution in [0.3, 0.4) is 0 Å². The van der Waals surface area contributed by atoms with Gasteiger partial charge in [-0.2, -0.15) is 0 Å². The zero-order valence-electron chi connectivity index (χ0n) is 8.47. The van der Waals surface area contributed by atoms with Gasteiger partial charge in [0, 0.05) is 10.0 Å². The van der Waals surface area contributed by atoms with Crippen LogP contribution in [0, 0.1) is 0 Å². The van der Waals surface area contributed by atoms with Gasteiger partial charge in [0.25, 0.3) is 0 Å². The van der Waals surface area contributed by atoms with Crippen molar-refractivity contribution in [3.05, 3.63) is 27.7 Å². The van der Waals surface area contributed by atoms with E-state index in [1.165, 1.54) is 6.92 Å². The fourth-order valence-electron chi connectivity index (χ4n) is 1.14. The highest BCUT2D eigenvalue weighted by molar-refractivity contribution is 9.10. The van der Waals surface area contributed by atoms with Gasteiger partial charge < -0.3 is 4.74 Å². The molecule has 0 saturated heterocycles. The van der Waals surface area contributed by atoms with E-state index in [4.69, 9.17) is 0 Å². The highest BCUT2D eigenvalue weighted by Gasteiger charge is 2.32. The number of benzene rings is 1. The van der Waals surface area contributed by atoms with Gasteiger partial charge in [0.2, 0.25) is 0 Å². The summed E-state index contributed by atoms with van der Waals surface area (Å²) in [5.74, 6) is -1.14. The second-order valence-electron chi connectivity index (χ2n) is 3.09. The molecule has 1 rings (SSSR count). The van der Waals surface area contributed by atoms with E-state index >= 15 is 0 Å². The third-order valence-corrected chi connectivity index (χ3v) is 2.49. The van der Waals surface area contributed by atoms with Gasteiger partial charge in [-0.25, -0.2) is 0 Å². The average molecular weight is 311 g/mol. The molecule has 0 heterocycles. The topological polar surface area (TPSA) is 43.4 Å². The van der Waals surface area contributed by atoms with Crippen molar-refractivity contribution in [3.63, 3.8) is 0 Å². The molecule has 0 N–H and O–H groups in total. The Balaban J connectivity index is 3.31. The van der Waals surface area contributed by atoms with Crippen molar-refractivity contribution in [1.82, 2.24) is 0 Å². The Bertz CT molecular complexity index is 469. The smallest absolute Gasteiger partial charge is 0.405 e. The Kier molecular flexibility index (Phi) is 3.92. The van der Waals surface area contributed by atoms with Gasteiger partial charge in [0.1, 0.15) is 5.75 Å². The van der Waals surface area contributed by atoms with Crippen molar-refractivity contribution < 1.29 is 27.5 Å². The van der Waals surface area contributed by atoms with E-state index in [0.717, 1.165) is 12.1 Å². The van der Waals surface area contributed by atoms with E-state index in [1.54, 1.807) is 0 Å². The van der Waals surface area contributed by atoms with Crippen LogP contribution in [0.15, 0.2) is 16.6 Å². The number of hydrogen-bond acceptors (Lipinski definition) is 3. The van der Waals surface area contributed by atoms with Crippen molar-refractivity contribution >= 4 is 28.0 Å². The molecular formula is C10H6BrF3O3. The third kappa shape index (κ3) is 3.55. The lowest BCUT2D eigenvalue weighted by molar-refractivity contribution is -0.274. The number of Topliss-reactive ketones (excluding diaryl/α,β-unsaturated/α-hetero) is 1. The highest BCUT2D eigenvalue weighted by Crippen LogP contribution is 2.30. The van der Waals surface area contributed by atoms with Crippen LogP contribution in [0.25, 0.3) is 0 Å². The number of aldehydes is 1. The van der Waals surface area contributed by atoms with Crippen LogP contribution in [0.2, 0.25) is 0 Å². The quantitative estimate of drug-likeness (QED) is 0.635. The molecule has 0 atom stereocenters. The summed E-state index contributed by atoms with van der Waals surface area (Å²) in [6.07, 6.45) is -4.70. The standard InChI is InChI=1S/C10H6BrF3O3/c1-5(16)7-3-9(17-10(12,13)14)6(4-15)2-8(7)11/h2-4H,1H3. The number of carbonyl (C=O) groups excluding carboxylic acids is 2. The molecule has 0 bridgehead atoms. The Labute approximate surface area is 103 Å². The minimum Gasteiger partial charge on any atom is -0.405 e. The van der Waals surface area contributed by atoms with E-state index in [2.05, 4.69) is 20.7 Å². The molecule has 92 valence electrons. The molecule has 0 aromatic heterocycles. The second kappa shape index (κ2) is 4.87. The van der Waals surface area contributed by atoms with E-state index in [1.807, 2.05) is 0 Å². The minimum atomic E-state index is -4.92. The Morgan fingerprint density at radius 1 is 1.41 bits per heavy atom. The van der Waals surface area contributed by atoms with E-state index in [-0.39, 0.29) is 21.9 Å². The van der Waals surface area contributed by atoms with Crippen LogP contribution in [-0.2, 0) is 0 Å². The average Bonchev–Trinajstić information content (AvgIpc) is 2.17. The number of ether oxygens (including phenoxy) is 1. The lowest BCUT2D eigenvalue weighted by atomic mass is 10.1. The van der Waals surface area contributed by atoms with Crippen molar-refractivity contribution in [2.45, 2.75) is 13.3 Å². The molecule has 1 aromatic carbocycles. The van der Waals surface area contributed by atoms with Crippen molar-refractivity contribution in [2.75, 3.05) is 0 Å². The summed E-state index contributed by atoms with van der Waals surface area (Å²) in [4.78, 5) is 21.7. The molecule has 0 spiro atoms. The fraction of sp³-hybridized carbons (Fsp3) is 0.200. The van der Waals surface area contributed by atoms with Crippen LogP contribution in [0.1, 0.15) is 27.6 Å². The third-order valence-electron chi connectivity index (χ3n) is 1.83. The summed E-state index contributed by atoms with van der Waals surface area (Å²) in [6, 6.07) is 1.98. The first-order chi connectivity index (χ1) is 7.74. The molecule has 0 unspecified atom stereocenters. The molecule has 0 aliphatic rings. The van der Waals surface area contributed by atoms with E-state index in [0.29, 0.717) is 0 Å². The first kappa shape index (κ1) is 13.7. The summed E-state index contributed by atoms with van der Waals surface area (Å²) >= 11 is 2.99. The van der Waals surface area contributed by atoms with Crippen molar-refractivity contribution in [3.8, 4) is 5.75 Å². The van der Waals surface area contributed by atoms with Gasteiger partial charge in [-0.05, 0) is 19.1 Å². The van der Waals surface area contributed by atoms with Crippen LogP contribution in [0.4, 0.5) is 13.2 Å². The predicted octanol–water partition coefficient (Wildman–Crippen LogP) is 3.36. The van der Waals surface area contributed by atoms with Gasteiger partial charge in [-0.15, -0.1) is 13.2 Å². The maximum absolute atomic E-state index is 12.1. The van der Waals surface area contributed by atoms with Crippen LogP contribution >= 0.6 is 15.9 Å². The van der Waals surface area contributed by atoms with Crippen LogP contribution in [-0.4, -0.2) is 18.4 Å². The summed E-state index contributed by atoms with van der Waals surface area (Å²) < 4.78 is 40.1. The van der Waals surface area contributed by atoms with Crippen molar-refractivity contribution in [2.24, 2.45) is 0 Å². The molecule has 0 radical (unpaired) electrons. The first-order valence-electron chi connectivity index (χ1n) is 4.30. The maximum atomic E-state index is 12.1. The minimum absolute atomic E-state index is 0.00912. The van der Waals surface area contributed by atoms with Gasteiger partial charge in [-0.1, -0.05) is 15.9 Å². The molecular weight excluding hydrogens is 305 g/mol. The summed E-state index contributed by atoms with van der Waals surface area (Å²) in [6.45, 7) is 1.19. The number of hydrogen-bond donors (Lipinski definition) is 0. The summed E-state index contributed by atoms with van der Waals surface area (Å²) in [7, 11) is 0. The Hall–Kier alpha value is -1.37. The number of ketones is 1. The molecule has 7 heteroatoms. The molecule has 0 aliphatic carbocycles. The number of halogens is 4. The number of rotatable bonds is 3. The van der Waals surface area contributed by atoms with Gasteiger partial charge in [0.05, 0.1) is 5.56 Å². The maximum Gasteiger partial charge on any atom is 0.573 e. The Morgan fingerprint density at radius 2 is 2.00 bits per heavy atom. The lowest BCUT2D eigenvalue weighted by Gasteiger charge is -2.12. The molecule has 3 nitrogen and oxygen atoms in total. The molecule has 0 aliphatic heterocycles. The first-order valence-corrected chi connectivity index (χ1v) is 5.09. The fourth-order valence-corrected chi connectivity index (χ4v) is 1.78. The summed E-state index contributed by atoms with van der Waals surface area (Å²) in [5, 5.41) is 0. The largest absolute Gasteiger partial charge is 0.573 e. The monoisotopic (exact) mass is 310 g/mol. The van der Waals surface area contributed by atoms with Gasteiger partial charge in [0.15, 0.2) is 12.1 Å².